The van der Waals surface area contributed by atoms with Crippen molar-refractivity contribution in [2.75, 3.05) is 6.54 Å². The summed E-state index contributed by atoms with van der Waals surface area (Å²) in [5, 5.41) is 2.91. The Morgan fingerprint density at radius 3 is 2.75 bits per heavy atom. The van der Waals surface area contributed by atoms with Gasteiger partial charge in [-0.25, -0.2) is 0 Å². The fourth-order valence-electron chi connectivity index (χ4n) is 2.00. The van der Waals surface area contributed by atoms with E-state index in [4.69, 9.17) is 5.73 Å². The highest BCUT2D eigenvalue weighted by molar-refractivity contribution is 5.95. The summed E-state index contributed by atoms with van der Waals surface area (Å²) in [4.78, 5) is 16.4. The van der Waals surface area contributed by atoms with Crippen molar-refractivity contribution in [1.82, 2.24) is 10.3 Å². The molecule has 0 aliphatic rings. The number of aromatic nitrogens is 1. The van der Waals surface area contributed by atoms with E-state index in [1.54, 1.807) is 6.20 Å². The number of rotatable bonds is 5. The van der Waals surface area contributed by atoms with Crippen molar-refractivity contribution in [3.63, 3.8) is 0 Å². The predicted octanol–water partition coefficient (Wildman–Crippen LogP) is 1.82. The van der Waals surface area contributed by atoms with Crippen LogP contribution in [0, 0.1) is 6.92 Å². The molecule has 0 spiro atoms. The van der Waals surface area contributed by atoms with Crippen molar-refractivity contribution < 1.29 is 4.79 Å². The number of nitrogens with zero attached hydrogens (tertiary/aromatic N) is 1. The van der Waals surface area contributed by atoms with Gasteiger partial charge in [-0.05, 0) is 43.1 Å². The van der Waals surface area contributed by atoms with E-state index in [0.29, 0.717) is 25.1 Å². The van der Waals surface area contributed by atoms with Crippen LogP contribution in [0.3, 0.4) is 0 Å². The second-order valence-corrected chi connectivity index (χ2v) is 4.69. The maximum absolute atomic E-state index is 12.2. The number of nitrogens with one attached hydrogen (secondary N) is 1. The first-order chi connectivity index (χ1) is 9.70. The first kappa shape index (κ1) is 14.2. The van der Waals surface area contributed by atoms with Gasteiger partial charge in [0, 0.05) is 24.0 Å². The van der Waals surface area contributed by atoms with E-state index in [0.717, 1.165) is 16.8 Å². The topological polar surface area (TPSA) is 68.0 Å². The van der Waals surface area contributed by atoms with E-state index >= 15 is 0 Å². The molecule has 0 aliphatic carbocycles. The van der Waals surface area contributed by atoms with Gasteiger partial charge >= 0.3 is 0 Å². The van der Waals surface area contributed by atoms with Crippen LogP contribution in [0.2, 0.25) is 0 Å². The number of nitrogens with two attached hydrogens (primary N) is 1. The van der Waals surface area contributed by atoms with Crippen molar-refractivity contribution >= 4 is 5.91 Å². The van der Waals surface area contributed by atoms with Gasteiger partial charge in [0.15, 0.2) is 0 Å². The van der Waals surface area contributed by atoms with E-state index in [9.17, 15) is 4.79 Å². The Kier molecular flexibility index (Phi) is 4.85. The van der Waals surface area contributed by atoms with Crippen LogP contribution in [-0.2, 0) is 13.0 Å². The Hall–Kier alpha value is -2.20. The highest BCUT2D eigenvalue weighted by atomic mass is 16.1. The molecule has 1 aromatic heterocycles. The quantitative estimate of drug-likeness (QED) is 0.870. The highest BCUT2D eigenvalue weighted by Gasteiger charge is 2.09. The molecule has 0 atom stereocenters. The van der Waals surface area contributed by atoms with Crippen LogP contribution in [-0.4, -0.2) is 17.4 Å². The van der Waals surface area contributed by atoms with Crippen LogP contribution in [0.15, 0.2) is 42.6 Å². The van der Waals surface area contributed by atoms with E-state index in [1.165, 1.54) is 0 Å². The van der Waals surface area contributed by atoms with Crippen LogP contribution in [0.4, 0.5) is 0 Å². The molecule has 0 saturated heterocycles. The minimum atomic E-state index is -0.0744. The number of hydrogen-bond acceptors (Lipinski definition) is 3. The summed E-state index contributed by atoms with van der Waals surface area (Å²) >= 11 is 0. The Labute approximate surface area is 119 Å². The normalized spacial score (nSPS) is 10.3. The maximum atomic E-state index is 12.2. The van der Waals surface area contributed by atoms with Crippen molar-refractivity contribution in [2.45, 2.75) is 19.9 Å². The average molecular weight is 269 g/mol. The lowest BCUT2D eigenvalue weighted by atomic mass is 10.0. The lowest BCUT2D eigenvalue weighted by molar-refractivity contribution is 0.0950. The lowest BCUT2D eigenvalue weighted by Gasteiger charge is -2.09. The lowest BCUT2D eigenvalue weighted by Crippen LogP contribution is -2.24. The standard InChI is InChI=1S/C16H19N3O/c1-12-6-7-13(10-18-12)11-19-16(20)15-5-3-2-4-14(15)8-9-17/h2-7,10H,8-9,11,17H2,1H3,(H,19,20). The number of hydrogen-bond donors (Lipinski definition) is 2. The molecule has 1 amide bonds. The van der Waals surface area contributed by atoms with Gasteiger partial charge in [0.1, 0.15) is 0 Å². The van der Waals surface area contributed by atoms with Gasteiger partial charge in [-0.3, -0.25) is 9.78 Å². The zero-order valence-electron chi connectivity index (χ0n) is 11.6. The predicted molar refractivity (Wildman–Crippen MR) is 79.3 cm³/mol. The van der Waals surface area contributed by atoms with Crippen molar-refractivity contribution in [3.8, 4) is 0 Å². The smallest absolute Gasteiger partial charge is 0.251 e. The highest BCUT2D eigenvalue weighted by Crippen LogP contribution is 2.09. The van der Waals surface area contributed by atoms with Crippen LogP contribution >= 0.6 is 0 Å². The van der Waals surface area contributed by atoms with E-state index in [2.05, 4.69) is 10.3 Å². The monoisotopic (exact) mass is 269 g/mol. The Morgan fingerprint density at radius 1 is 1.25 bits per heavy atom. The number of aryl methyl sites for hydroxylation is 1. The van der Waals surface area contributed by atoms with Crippen molar-refractivity contribution in [3.05, 3.63) is 65.0 Å². The van der Waals surface area contributed by atoms with Crippen LogP contribution < -0.4 is 11.1 Å². The summed E-state index contributed by atoms with van der Waals surface area (Å²) in [5.74, 6) is -0.0744. The third-order valence-corrected chi connectivity index (χ3v) is 3.10. The Balaban J connectivity index is 2.03. The average Bonchev–Trinajstić information content (AvgIpc) is 2.47. The Morgan fingerprint density at radius 2 is 2.05 bits per heavy atom. The number of carbonyl (C=O) groups excluding carboxylic acids is 1. The molecular weight excluding hydrogens is 250 g/mol. The zero-order chi connectivity index (χ0) is 14.4. The molecule has 0 saturated carbocycles. The second kappa shape index (κ2) is 6.82. The first-order valence-electron chi connectivity index (χ1n) is 6.68. The first-order valence-corrected chi connectivity index (χ1v) is 6.68. The molecule has 0 bridgehead atoms. The molecule has 104 valence electrons. The minimum absolute atomic E-state index is 0.0744. The zero-order valence-corrected chi connectivity index (χ0v) is 11.6. The van der Waals surface area contributed by atoms with Crippen molar-refractivity contribution in [1.29, 1.82) is 0 Å². The van der Waals surface area contributed by atoms with Gasteiger partial charge in [-0.15, -0.1) is 0 Å². The van der Waals surface area contributed by atoms with Gasteiger partial charge in [-0.1, -0.05) is 24.3 Å². The maximum Gasteiger partial charge on any atom is 0.251 e. The van der Waals surface area contributed by atoms with Gasteiger partial charge in [0.05, 0.1) is 0 Å². The molecule has 0 aliphatic heterocycles. The molecule has 0 radical (unpaired) electrons. The molecule has 2 rings (SSSR count). The van der Waals surface area contributed by atoms with Crippen LogP contribution in [0.1, 0.15) is 27.2 Å². The third-order valence-electron chi connectivity index (χ3n) is 3.10. The van der Waals surface area contributed by atoms with Crippen molar-refractivity contribution in [2.24, 2.45) is 5.73 Å². The van der Waals surface area contributed by atoms with E-state index < -0.39 is 0 Å². The second-order valence-electron chi connectivity index (χ2n) is 4.69. The van der Waals surface area contributed by atoms with E-state index in [-0.39, 0.29) is 5.91 Å². The fourth-order valence-corrected chi connectivity index (χ4v) is 2.00. The number of amides is 1. The molecule has 1 heterocycles. The summed E-state index contributed by atoms with van der Waals surface area (Å²) in [6.45, 7) is 2.95. The summed E-state index contributed by atoms with van der Waals surface area (Å²) in [6, 6.07) is 11.5. The van der Waals surface area contributed by atoms with Gasteiger partial charge in [-0.2, -0.15) is 0 Å². The Bertz CT molecular complexity index is 579. The summed E-state index contributed by atoms with van der Waals surface area (Å²) < 4.78 is 0. The largest absolute Gasteiger partial charge is 0.348 e. The van der Waals surface area contributed by atoms with Crippen LogP contribution in [0.5, 0.6) is 0 Å². The molecule has 4 heteroatoms. The SMILES string of the molecule is Cc1ccc(CNC(=O)c2ccccc2CCN)cn1. The molecule has 0 fully saturated rings. The number of pyridine rings is 1. The van der Waals surface area contributed by atoms with Gasteiger partial charge < -0.3 is 11.1 Å². The van der Waals surface area contributed by atoms with Crippen LogP contribution in [0.25, 0.3) is 0 Å². The molecule has 1 aromatic carbocycles. The molecule has 0 unspecified atom stereocenters. The summed E-state index contributed by atoms with van der Waals surface area (Å²) in [6.07, 6.45) is 2.48. The van der Waals surface area contributed by atoms with E-state index in [1.807, 2.05) is 43.3 Å². The summed E-state index contributed by atoms with van der Waals surface area (Å²) in [7, 11) is 0. The molecule has 3 N–H and O–H groups in total. The molecular formula is C16H19N3O. The number of carbonyl (C=O) groups is 1. The minimum Gasteiger partial charge on any atom is -0.348 e. The fraction of sp³-hybridized carbons (Fsp3) is 0.250. The third kappa shape index (κ3) is 3.65. The molecule has 4 nitrogen and oxygen atoms in total. The van der Waals surface area contributed by atoms with Gasteiger partial charge in [0.25, 0.3) is 5.91 Å². The molecule has 20 heavy (non-hydrogen) atoms. The molecule has 2 aromatic rings. The number of benzene rings is 1. The summed E-state index contributed by atoms with van der Waals surface area (Å²) in [5.41, 5.74) is 9.19. The van der Waals surface area contributed by atoms with Gasteiger partial charge in [0.2, 0.25) is 0 Å².